The lowest BCUT2D eigenvalue weighted by Crippen LogP contribution is -2.32. The van der Waals surface area contributed by atoms with Crippen molar-refractivity contribution in [1.29, 1.82) is 0 Å². The van der Waals surface area contributed by atoms with Gasteiger partial charge in [-0.05, 0) is 49.8 Å². The van der Waals surface area contributed by atoms with Gasteiger partial charge in [-0.3, -0.25) is 9.69 Å². The fourth-order valence-electron chi connectivity index (χ4n) is 2.40. The first-order valence-electron chi connectivity index (χ1n) is 7.78. The van der Waals surface area contributed by atoms with E-state index in [1.807, 2.05) is 0 Å². The highest BCUT2D eigenvalue weighted by Gasteiger charge is 2.31. The molecule has 1 heterocycles. The standard InChI is InChI=1S/C17H21FN2OS2/c1-3-19(4-2)10-5-11-20-16(21)15(23-17(20)22)12-13-6-8-14(18)9-7-13/h6-9,12H,3-5,10-11H2,1-2H3. The summed E-state index contributed by atoms with van der Waals surface area (Å²) in [6, 6.07) is 6.08. The fraction of sp³-hybridized carbons (Fsp3) is 0.412. The third-order valence-electron chi connectivity index (χ3n) is 3.79. The van der Waals surface area contributed by atoms with Crippen molar-refractivity contribution in [1.82, 2.24) is 9.80 Å². The van der Waals surface area contributed by atoms with Gasteiger partial charge in [0.1, 0.15) is 10.1 Å². The molecule has 0 saturated carbocycles. The Balaban J connectivity index is 1.98. The lowest BCUT2D eigenvalue weighted by molar-refractivity contribution is -0.122. The van der Waals surface area contributed by atoms with Crippen molar-refractivity contribution in [3.8, 4) is 0 Å². The lowest BCUT2D eigenvalue weighted by Gasteiger charge is -2.20. The number of hydrogen-bond acceptors (Lipinski definition) is 4. The average Bonchev–Trinajstić information content (AvgIpc) is 2.81. The Morgan fingerprint density at radius 3 is 2.52 bits per heavy atom. The van der Waals surface area contributed by atoms with Crippen molar-refractivity contribution in [2.75, 3.05) is 26.2 Å². The minimum atomic E-state index is -0.286. The predicted octanol–water partition coefficient (Wildman–Crippen LogP) is 3.76. The molecule has 124 valence electrons. The third-order valence-corrected chi connectivity index (χ3v) is 5.17. The number of nitrogens with zero attached hydrogens (tertiary/aromatic N) is 2. The van der Waals surface area contributed by atoms with E-state index < -0.39 is 0 Å². The van der Waals surface area contributed by atoms with E-state index in [0.29, 0.717) is 15.8 Å². The van der Waals surface area contributed by atoms with Crippen LogP contribution >= 0.6 is 24.0 Å². The predicted molar refractivity (Wildman–Crippen MR) is 98.7 cm³/mol. The highest BCUT2D eigenvalue weighted by molar-refractivity contribution is 8.26. The van der Waals surface area contributed by atoms with Crippen LogP contribution in [0.1, 0.15) is 25.8 Å². The maximum absolute atomic E-state index is 12.9. The Kier molecular flexibility index (Phi) is 6.74. The summed E-state index contributed by atoms with van der Waals surface area (Å²) in [5, 5.41) is 0. The Morgan fingerprint density at radius 2 is 1.91 bits per heavy atom. The Labute approximate surface area is 146 Å². The highest BCUT2D eigenvalue weighted by Crippen LogP contribution is 2.32. The number of rotatable bonds is 7. The summed E-state index contributed by atoms with van der Waals surface area (Å²) in [7, 11) is 0. The fourth-order valence-corrected chi connectivity index (χ4v) is 3.70. The second kappa shape index (κ2) is 8.57. The van der Waals surface area contributed by atoms with Crippen molar-refractivity contribution >= 4 is 40.3 Å². The van der Waals surface area contributed by atoms with E-state index in [1.54, 1.807) is 23.1 Å². The number of carbonyl (C=O) groups is 1. The van der Waals surface area contributed by atoms with Crippen LogP contribution in [0.5, 0.6) is 0 Å². The van der Waals surface area contributed by atoms with E-state index in [2.05, 4.69) is 18.7 Å². The molecule has 0 bridgehead atoms. The van der Waals surface area contributed by atoms with Gasteiger partial charge in [-0.2, -0.15) is 0 Å². The number of thiocarbonyl (C=S) groups is 1. The molecule has 1 aliphatic rings. The largest absolute Gasteiger partial charge is 0.304 e. The van der Waals surface area contributed by atoms with Gasteiger partial charge in [-0.25, -0.2) is 4.39 Å². The SMILES string of the molecule is CCN(CC)CCCN1C(=O)C(=Cc2ccc(F)cc2)SC1=S. The zero-order chi connectivity index (χ0) is 16.8. The van der Waals surface area contributed by atoms with E-state index in [1.165, 1.54) is 23.9 Å². The minimum absolute atomic E-state index is 0.0520. The second-order valence-electron chi connectivity index (χ2n) is 5.27. The van der Waals surface area contributed by atoms with Crippen LogP contribution in [0, 0.1) is 5.82 Å². The van der Waals surface area contributed by atoms with E-state index >= 15 is 0 Å². The number of benzene rings is 1. The van der Waals surface area contributed by atoms with Crippen LogP contribution in [-0.4, -0.2) is 46.2 Å². The molecule has 0 aliphatic carbocycles. The van der Waals surface area contributed by atoms with E-state index in [9.17, 15) is 9.18 Å². The molecule has 1 aromatic carbocycles. The van der Waals surface area contributed by atoms with Crippen molar-refractivity contribution < 1.29 is 9.18 Å². The van der Waals surface area contributed by atoms with Gasteiger partial charge in [-0.1, -0.05) is 50.0 Å². The molecule has 1 amide bonds. The summed E-state index contributed by atoms with van der Waals surface area (Å²) < 4.78 is 13.5. The van der Waals surface area contributed by atoms with Gasteiger partial charge in [-0.15, -0.1) is 0 Å². The molecular formula is C17H21FN2OS2. The molecule has 0 atom stereocenters. The molecule has 0 unspecified atom stereocenters. The first-order chi connectivity index (χ1) is 11.0. The molecule has 1 aromatic rings. The number of hydrogen-bond donors (Lipinski definition) is 0. The first-order valence-corrected chi connectivity index (χ1v) is 9.01. The monoisotopic (exact) mass is 352 g/mol. The van der Waals surface area contributed by atoms with Crippen LogP contribution in [-0.2, 0) is 4.79 Å². The molecule has 0 spiro atoms. The Morgan fingerprint density at radius 1 is 1.26 bits per heavy atom. The first kappa shape index (κ1) is 18.1. The van der Waals surface area contributed by atoms with Crippen molar-refractivity contribution in [3.63, 3.8) is 0 Å². The summed E-state index contributed by atoms with van der Waals surface area (Å²) in [5.41, 5.74) is 0.801. The molecule has 3 nitrogen and oxygen atoms in total. The van der Waals surface area contributed by atoms with Crippen LogP contribution < -0.4 is 0 Å². The second-order valence-corrected chi connectivity index (χ2v) is 6.94. The van der Waals surface area contributed by atoms with Gasteiger partial charge in [0.15, 0.2) is 0 Å². The maximum Gasteiger partial charge on any atom is 0.266 e. The molecule has 2 rings (SSSR count). The average molecular weight is 352 g/mol. The van der Waals surface area contributed by atoms with Crippen LogP contribution in [0.4, 0.5) is 4.39 Å². The van der Waals surface area contributed by atoms with Crippen molar-refractivity contribution in [2.24, 2.45) is 0 Å². The molecule has 0 radical (unpaired) electrons. The molecule has 0 N–H and O–H groups in total. The Bertz CT molecular complexity index is 597. The molecule has 0 aromatic heterocycles. The van der Waals surface area contributed by atoms with Gasteiger partial charge in [0.25, 0.3) is 5.91 Å². The van der Waals surface area contributed by atoms with Crippen LogP contribution in [0.25, 0.3) is 6.08 Å². The van der Waals surface area contributed by atoms with Gasteiger partial charge >= 0.3 is 0 Å². The van der Waals surface area contributed by atoms with Gasteiger partial charge in [0.2, 0.25) is 0 Å². The summed E-state index contributed by atoms with van der Waals surface area (Å²) >= 11 is 6.63. The van der Waals surface area contributed by atoms with Gasteiger partial charge in [0.05, 0.1) is 4.91 Å². The summed E-state index contributed by atoms with van der Waals surface area (Å²) in [4.78, 5) is 17.1. The minimum Gasteiger partial charge on any atom is -0.304 e. The normalized spacial score (nSPS) is 16.9. The quantitative estimate of drug-likeness (QED) is 0.551. The number of halogens is 1. The van der Waals surface area contributed by atoms with Gasteiger partial charge in [0, 0.05) is 6.54 Å². The summed E-state index contributed by atoms with van der Waals surface area (Å²) in [6.07, 6.45) is 2.67. The number of thioether (sulfide) groups is 1. The highest BCUT2D eigenvalue weighted by atomic mass is 32.2. The van der Waals surface area contributed by atoms with E-state index in [-0.39, 0.29) is 11.7 Å². The topological polar surface area (TPSA) is 23.6 Å². The molecule has 1 aliphatic heterocycles. The van der Waals surface area contributed by atoms with Crippen molar-refractivity contribution in [2.45, 2.75) is 20.3 Å². The van der Waals surface area contributed by atoms with Gasteiger partial charge < -0.3 is 4.90 Å². The summed E-state index contributed by atoms with van der Waals surface area (Å²) in [5.74, 6) is -0.338. The molecule has 1 saturated heterocycles. The molecule has 23 heavy (non-hydrogen) atoms. The van der Waals surface area contributed by atoms with Crippen molar-refractivity contribution in [3.05, 3.63) is 40.6 Å². The van der Waals surface area contributed by atoms with Crippen LogP contribution in [0.2, 0.25) is 0 Å². The number of carbonyl (C=O) groups excluding carboxylic acids is 1. The van der Waals surface area contributed by atoms with Crippen LogP contribution in [0.15, 0.2) is 29.2 Å². The third kappa shape index (κ3) is 4.86. The van der Waals surface area contributed by atoms with E-state index in [4.69, 9.17) is 12.2 Å². The molecule has 1 fully saturated rings. The summed E-state index contributed by atoms with van der Waals surface area (Å²) in [6.45, 7) is 7.89. The smallest absolute Gasteiger partial charge is 0.266 e. The number of amides is 1. The zero-order valence-corrected chi connectivity index (χ0v) is 15.1. The molecule has 6 heteroatoms. The van der Waals surface area contributed by atoms with Crippen LogP contribution in [0.3, 0.4) is 0 Å². The lowest BCUT2D eigenvalue weighted by atomic mass is 10.2. The molecular weight excluding hydrogens is 331 g/mol. The zero-order valence-electron chi connectivity index (χ0n) is 13.4. The van der Waals surface area contributed by atoms with E-state index in [0.717, 1.165) is 31.6 Å². The maximum atomic E-state index is 12.9. The Hall–Kier alpha value is -1.24.